The van der Waals surface area contributed by atoms with Gasteiger partial charge >= 0.3 is 29.6 Å². The number of methoxy groups -OCH3 is 2. The Kier molecular flexibility index (Phi) is 10.6. The molecule has 0 atom stereocenters. The zero-order chi connectivity index (χ0) is 22.5. The second-order valence-electron chi connectivity index (χ2n) is 8.92. The van der Waals surface area contributed by atoms with Gasteiger partial charge in [-0.1, -0.05) is 76.8 Å². The minimum Gasteiger partial charge on any atom is -0.497 e. The minimum atomic E-state index is -2.39. The molecule has 0 saturated heterocycles. The first kappa shape index (κ1) is 27.0. The topological polar surface area (TPSA) is 52.6 Å². The summed E-state index contributed by atoms with van der Waals surface area (Å²) in [5.41, 5.74) is 3.34. The van der Waals surface area contributed by atoms with E-state index < -0.39 is 10.7 Å². The monoisotopic (exact) mass is 496 g/mol. The minimum absolute atomic E-state index is 0. The maximum atomic E-state index is 12.0. The Labute approximate surface area is 223 Å². The first-order valence-corrected chi connectivity index (χ1v) is 14.4. The standard InChI is InChI=1S/C26H34O4PS.Na/c1-29-22-17-18-24(32(27)28)26(30-2)25(22)21-15-9-10-16-23(21)31(19-11-5-3-6-12-19)20-13-7-4-8-14-20;/h9-10,15-20H,3-8,11-14H2,1-2H3;/q-1;+1. The van der Waals surface area contributed by atoms with E-state index >= 15 is 0 Å². The summed E-state index contributed by atoms with van der Waals surface area (Å²) in [4.78, 5) is 0.178. The summed E-state index contributed by atoms with van der Waals surface area (Å²) in [5, 5.41) is 1.40. The molecule has 0 aromatic heterocycles. The summed E-state index contributed by atoms with van der Waals surface area (Å²) in [6, 6.07) is 11.9. The van der Waals surface area contributed by atoms with Gasteiger partial charge < -0.3 is 17.9 Å². The molecular weight excluding hydrogens is 462 g/mol. The van der Waals surface area contributed by atoms with Gasteiger partial charge in [0.25, 0.3) is 0 Å². The molecule has 2 fully saturated rings. The Hall–Kier alpha value is -0.580. The maximum absolute atomic E-state index is 12.0. The van der Waals surface area contributed by atoms with Crippen LogP contribution in [0.1, 0.15) is 64.2 Å². The second-order valence-corrected chi connectivity index (χ2v) is 12.6. The van der Waals surface area contributed by atoms with E-state index in [1.807, 2.05) is 6.07 Å². The Morgan fingerprint density at radius 3 is 1.88 bits per heavy atom. The molecule has 0 heterocycles. The van der Waals surface area contributed by atoms with Gasteiger partial charge in [0.2, 0.25) is 0 Å². The molecule has 0 aliphatic heterocycles. The Bertz CT molecular complexity index is 972. The molecule has 4 nitrogen and oxygen atoms in total. The number of ether oxygens (including phenoxy) is 2. The van der Waals surface area contributed by atoms with Crippen LogP contribution < -0.4 is 44.3 Å². The maximum Gasteiger partial charge on any atom is 1.00 e. The summed E-state index contributed by atoms with van der Waals surface area (Å²) >= 11 is 0. The Balaban J connectivity index is 0.00000306. The number of hydrogen-bond donors (Lipinski definition) is 0. The molecule has 2 saturated carbocycles. The van der Waals surface area contributed by atoms with E-state index in [-0.39, 0.29) is 42.4 Å². The van der Waals surface area contributed by atoms with Crippen LogP contribution in [0.15, 0.2) is 41.3 Å². The van der Waals surface area contributed by atoms with Gasteiger partial charge in [-0.05, 0) is 69.5 Å². The molecule has 0 bridgehead atoms. The van der Waals surface area contributed by atoms with E-state index in [4.69, 9.17) is 9.47 Å². The molecule has 33 heavy (non-hydrogen) atoms. The second kappa shape index (κ2) is 12.9. The molecule has 0 amide bonds. The van der Waals surface area contributed by atoms with E-state index in [9.17, 15) is 8.42 Å². The number of rotatable bonds is 7. The fraction of sp³-hybridized carbons (Fsp3) is 0.538. The average Bonchev–Trinajstić information content (AvgIpc) is 2.85. The predicted octanol–water partition coefficient (Wildman–Crippen LogP) is 3.82. The van der Waals surface area contributed by atoms with E-state index in [0.717, 1.165) is 22.4 Å². The van der Waals surface area contributed by atoms with Crippen molar-refractivity contribution in [3.8, 4) is 22.6 Å². The first-order chi connectivity index (χ1) is 15.7. The average molecular weight is 497 g/mol. The fourth-order valence-electron chi connectivity index (χ4n) is 5.62. The van der Waals surface area contributed by atoms with Gasteiger partial charge in [0.15, 0.2) is 0 Å². The molecule has 0 radical (unpaired) electrons. The zero-order valence-corrected chi connectivity index (χ0v) is 23.9. The Morgan fingerprint density at radius 2 is 1.36 bits per heavy atom. The molecule has 7 heteroatoms. The third-order valence-electron chi connectivity index (χ3n) is 7.07. The van der Waals surface area contributed by atoms with Crippen molar-refractivity contribution in [1.29, 1.82) is 0 Å². The molecule has 2 aliphatic rings. The van der Waals surface area contributed by atoms with Crippen LogP contribution in [0.4, 0.5) is 0 Å². The van der Waals surface area contributed by atoms with E-state index in [1.165, 1.54) is 69.5 Å². The van der Waals surface area contributed by atoms with Crippen molar-refractivity contribution < 1.29 is 47.4 Å². The first-order valence-electron chi connectivity index (χ1n) is 11.9. The summed E-state index contributed by atoms with van der Waals surface area (Å²) in [5.74, 6) is 1.04. The zero-order valence-electron chi connectivity index (χ0n) is 20.2. The molecule has 4 rings (SSSR count). The van der Waals surface area contributed by atoms with Crippen molar-refractivity contribution >= 4 is 23.9 Å². The Morgan fingerprint density at radius 1 is 0.788 bits per heavy atom. The predicted molar refractivity (Wildman–Crippen MR) is 132 cm³/mol. The number of benzene rings is 2. The van der Waals surface area contributed by atoms with Crippen LogP contribution >= 0.6 is 7.92 Å². The van der Waals surface area contributed by atoms with Crippen LogP contribution in [0.25, 0.3) is 11.1 Å². The smallest absolute Gasteiger partial charge is 0.497 e. The van der Waals surface area contributed by atoms with Crippen LogP contribution in [0.5, 0.6) is 11.5 Å². The van der Waals surface area contributed by atoms with E-state index in [0.29, 0.717) is 11.5 Å². The summed E-state index contributed by atoms with van der Waals surface area (Å²) in [6.07, 6.45) is 13.3. The summed E-state index contributed by atoms with van der Waals surface area (Å²) in [7, 11) is 0.435. The molecule has 0 N–H and O–H groups in total. The summed E-state index contributed by atoms with van der Waals surface area (Å²) < 4.78 is 35.3. The van der Waals surface area contributed by atoms with Crippen LogP contribution in [-0.4, -0.2) is 25.5 Å². The fourth-order valence-corrected chi connectivity index (χ4v) is 10.1. The van der Waals surface area contributed by atoms with Crippen LogP contribution in [-0.2, 0) is 19.1 Å². The van der Waals surface area contributed by atoms with Gasteiger partial charge in [-0.2, -0.15) is 0 Å². The number of hydrogen-bond acceptors (Lipinski definition) is 5. The normalized spacial score (nSPS) is 17.7. The van der Waals surface area contributed by atoms with Crippen LogP contribution in [0.3, 0.4) is 0 Å². The van der Waals surface area contributed by atoms with Gasteiger partial charge in [0, 0.05) is 0 Å². The van der Waals surface area contributed by atoms with Crippen molar-refractivity contribution in [3.05, 3.63) is 36.4 Å². The van der Waals surface area contributed by atoms with Gasteiger partial charge in [0.1, 0.15) is 11.5 Å². The molecule has 174 valence electrons. The molecule has 2 aliphatic carbocycles. The third kappa shape index (κ3) is 5.98. The SMILES string of the molecule is COc1ccc([S-](=O)=O)c(OC)c1-c1ccccc1P(C1CCCCC1)C1CCCCC1.[Na+]. The van der Waals surface area contributed by atoms with Crippen molar-refractivity contribution in [3.63, 3.8) is 0 Å². The summed E-state index contributed by atoms with van der Waals surface area (Å²) in [6.45, 7) is 0. The van der Waals surface area contributed by atoms with Gasteiger partial charge in [0.05, 0.1) is 19.8 Å². The van der Waals surface area contributed by atoms with Gasteiger partial charge in [-0.25, -0.2) is 0 Å². The molecule has 2 aromatic carbocycles. The largest absolute Gasteiger partial charge is 1.00 e. The van der Waals surface area contributed by atoms with Gasteiger partial charge in [-0.3, -0.25) is 0 Å². The van der Waals surface area contributed by atoms with Gasteiger partial charge in [-0.15, -0.1) is 0 Å². The van der Waals surface area contributed by atoms with Crippen molar-refractivity contribution in [2.75, 3.05) is 14.2 Å². The van der Waals surface area contributed by atoms with E-state index in [2.05, 4.69) is 18.2 Å². The van der Waals surface area contributed by atoms with E-state index in [1.54, 1.807) is 26.4 Å². The third-order valence-corrected chi connectivity index (χ3v) is 11.3. The van der Waals surface area contributed by atoms with Crippen molar-refractivity contribution in [2.45, 2.75) is 80.4 Å². The van der Waals surface area contributed by atoms with Crippen LogP contribution in [0.2, 0.25) is 0 Å². The van der Waals surface area contributed by atoms with Crippen molar-refractivity contribution in [1.82, 2.24) is 0 Å². The van der Waals surface area contributed by atoms with Crippen molar-refractivity contribution in [2.24, 2.45) is 0 Å². The molecule has 0 unspecified atom stereocenters. The quantitative estimate of drug-likeness (QED) is 0.332. The molecule has 2 aromatic rings. The molecular formula is C26H34NaO4PS. The van der Waals surface area contributed by atoms with Crippen LogP contribution in [0, 0.1) is 0 Å². The molecule has 0 spiro atoms.